The first-order chi connectivity index (χ1) is 17.8. The Morgan fingerprint density at radius 3 is 2.54 bits per heavy atom. The fourth-order valence-electron chi connectivity index (χ4n) is 4.57. The minimum atomic E-state index is -0.480. The van der Waals surface area contributed by atoms with E-state index in [2.05, 4.69) is 27.4 Å². The Bertz CT molecular complexity index is 1210. The monoisotopic (exact) mass is 503 g/mol. The van der Waals surface area contributed by atoms with E-state index in [9.17, 15) is 4.79 Å². The minimum Gasteiger partial charge on any atom is -0.487 e. The van der Waals surface area contributed by atoms with Gasteiger partial charge in [0, 0.05) is 17.7 Å². The number of benzene rings is 1. The number of methoxy groups -OCH3 is 1. The van der Waals surface area contributed by atoms with Crippen LogP contribution in [0.25, 0.3) is 17.1 Å². The van der Waals surface area contributed by atoms with Gasteiger partial charge in [0.2, 0.25) is 5.88 Å². The highest BCUT2D eigenvalue weighted by molar-refractivity contribution is 5.87. The predicted molar refractivity (Wildman–Crippen MR) is 146 cm³/mol. The third kappa shape index (κ3) is 7.68. The lowest BCUT2D eigenvalue weighted by Crippen LogP contribution is -2.40. The fraction of sp³-hybridized carbons (Fsp3) is 0.433. The molecule has 3 aromatic rings. The van der Waals surface area contributed by atoms with E-state index in [1.807, 2.05) is 63.2 Å². The second-order valence-corrected chi connectivity index (χ2v) is 10.5. The number of ether oxygens (including phenoxy) is 3. The van der Waals surface area contributed by atoms with Gasteiger partial charge in [0.1, 0.15) is 23.5 Å². The van der Waals surface area contributed by atoms with Gasteiger partial charge in [0.15, 0.2) is 0 Å². The summed E-state index contributed by atoms with van der Waals surface area (Å²) >= 11 is 0. The van der Waals surface area contributed by atoms with Gasteiger partial charge < -0.3 is 19.5 Å². The lowest BCUT2D eigenvalue weighted by atomic mass is 9.84. The molecule has 1 saturated carbocycles. The van der Waals surface area contributed by atoms with Crippen molar-refractivity contribution < 1.29 is 19.0 Å². The summed E-state index contributed by atoms with van der Waals surface area (Å²) in [5, 5.41) is 3.02. The number of fused-ring (bicyclic) bond motifs is 1. The molecule has 1 amide bonds. The van der Waals surface area contributed by atoms with Crippen LogP contribution in [0, 0.1) is 5.92 Å². The molecule has 4 rings (SSSR count). The SMILES string of the molecule is COc1ccc2ncc(OCc3ccccc3)c(C=CCC3CCC(NC(=O)OC(C)(C)C)CC3)c2n1. The Balaban J connectivity index is 1.42. The van der Waals surface area contributed by atoms with Crippen LogP contribution in [0.15, 0.2) is 54.7 Å². The molecular weight excluding hydrogens is 466 g/mol. The summed E-state index contributed by atoms with van der Waals surface area (Å²) in [5.74, 6) is 1.80. The largest absolute Gasteiger partial charge is 0.487 e. The molecular formula is C30H37N3O4. The van der Waals surface area contributed by atoms with E-state index in [4.69, 9.17) is 14.2 Å². The second kappa shape index (κ2) is 12.1. The average molecular weight is 504 g/mol. The van der Waals surface area contributed by atoms with Gasteiger partial charge in [-0.15, -0.1) is 0 Å². The zero-order valence-corrected chi connectivity index (χ0v) is 22.2. The number of rotatable bonds is 8. The summed E-state index contributed by atoms with van der Waals surface area (Å²) in [6.07, 6.45) is 10.7. The van der Waals surface area contributed by atoms with Crippen LogP contribution in [0.3, 0.4) is 0 Å². The summed E-state index contributed by atoms with van der Waals surface area (Å²) in [6.45, 7) is 6.09. The van der Waals surface area contributed by atoms with Crippen molar-refractivity contribution in [3.05, 3.63) is 65.9 Å². The minimum absolute atomic E-state index is 0.175. The van der Waals surface area contributed by atoms with Gasteiger partial charge in [-0.1, -0.05) is 42.5 Å². The van der Waals surface area contributed by atoms with E-state index >= 15 is 0 Å². The van der Waals surface area contributed by atoms with Crippen molar-refractivity contribution in [3.63, 3.8) is 0 Å². The van der Waals surface area contributed by atoms with Crippen LogP contribution in [0.2, 0.25) is 0 Å². The molecule has 0 saturated heterocycles. The Morgan fingerprint density at radius 1 is 1.08 bits per heavy atom. The molecule has 0 unspecified atom stereocenters. The standard InChI is InChI=1S/C30H37N3O4/c1-30(2,3)37-29(34)32-23-15-13-21(14-16-23)11-8-12-24-26(36-20-22-9-6-5-7-10-22)19-31-25-17-18-27(35-4)33-28(24)25/h5-10,12,17-19,21,23H,11,13-16,20H2,1-4H3,(H,32,34). The van der Waals surface area contributed by atoms with E-state index in [0.717, 1.165) is 54.3 Å². The van der Waals surface area contributed by atoms with E-state index in [-0.39, 0.29) is 12.1 Å². The third-order valence-corrected chi connectivity index (χ3v) is 6.46. The first kappa shape index (κ1) is 26.5. The molecule has 0 atom stereocenters. The molecule has 1 aliphatic rings. The number of aromatic nitrogens is 2. The van der Waals surface area contributed by atoms with E-state index < -0.39 is 5.60 Å². The number of nitrogens with one attached hydrogen (secondary N) is 1. The van der Waals surface area contributed by atoms with Crippen molar-refractivity contribution in [2.75, 3.05) is 7.11 Å². The highest BCUT2D eigenvalue weighted by Crippen LogP contribution is 2.31. The van der Waals surface area contributed by atoms with Crippen LogP contribution in [-0.2, 0) is 11.3 Å². The molecule has 1 aromatic carbocycles. The first-order valence-electron chi connectivity index (χ1n) is 13.0. The van der Waals surface area contributed by atoms with Gasteiger partial charge in [-0.3, -0.25) is 4.98 Å². The van der Waals surface area contributed by atoms with Gasteiger partial charge in [-0.2, -0.15) is 0 Å². The molecule has 2 aromatic heterocycles. The zero-order chi connectivity index (χ0) is 26.3. The summed E-state index contributed by atoms with van der Waals surface area (Å²) in [4.78, 5) is 21.3. The Hall–Kier alpha value is -3.61. The molecule has 196 valence electrons. The van der Waals surface area contributed by atoms with Crippen LogP contribution in [0.1, 0.15) is 64.0 Å². The zero-order valence-electron chi connectivity index (χ0n) is 22.2. The topological polar surface area (TPSA) is 82.6 Å². The van der Waals surface area contributed by atoms with Gasteiger partial charge in [-0.05, 0) is 70.4 Å². The fourth-order valence-corrected chi connectivity index (χ4v) is 4.57. The molecule has 0 spiro atoms. The van der Waals surface area contributed by atoms with E-state index in [0.29, 0.717) is 24.2 Å². The smallest absolute Gasteiger partial charge is 0.407 e. The molecule has 7 nitrogen and oxygen atoms in total. The van der Waals surface area contributed by atoms with Crippen molar-refractivity contribution in [2.24, 2.45) is 5.92 Å². The number of allylic oxidation sites excluding steroid dienone is 1. The van der Waals surface area contributed by atoms with E-state index in [1.165, 1.54) is 0 Å². The summed E-state index contributed by atoms with van der Waals surface area (Å²) in [5.41, 5.74) is 3.06. The number of hydrogen-bond acceptors (Lipinski definition) is 6. The van der Waals surface area contributed by atoms with Gasteiger partial charge in [-0.25, -0.2) is 9.78 Å². The van der Waals surface area contributed by atoms with Crippen LogP contribution in [-0.4, -0.2) is 34.8 Å². The molecule has 37 heavy (non-hydrogen) atoms. The molecule has 2 heterocycles. The molecule has 0 radical (unpaired) electrons. The quantitative estimate of drug-likeness (QED) is 0.368. The van der Waals surface area contributed by atoms with Gasteiger partial charge in [0.25, 0.3) is 0 Å². The number of carbonyl (C=O) groups is 1. The number of pyridine rings is 2. The summed E-state index contributed by atoms with van der Waals surface area (Å²) in [6, 6.07) is 14.0. The van der Waals surface area contributed by atoms with Crippen LogP contribution >= 0.6 is 0 Å². The maximum absolute atomic E-state index is 12.1. The predicted octanol–water partition coefficient (Wildman–Crippen LogP) is 6.70. The molecule has 0 aliphatic heterocycles. The molecule has 7 heteroatoms. The highest BCUT2D eigenvalue weighted by Gasteiger charge is 2.24. The lowest BCUT2D eigenvalue weighted by Gasteiger charge is -2.29. The van der Waals surface area contributed by atoms with E-state index in [1.54, 1.807) is 13.3 Å². The van der Waals surface area contributed by atoms with Crippen molar-refractivity contribution >= 4 is 23.2 Å². The molecule has 1 aliphatic carbocycles. The number of hydrogen-bond donors (Lipinski definition) is 1. The Kier molecular flexibility index (Phi) is 8.64. The number of alkyl carbamates (subject to hydrolysis) is 1. The molecule has 1 N–H and O–H groups in total. The van der Waals surface area contributed by atoms with Crippen LogP contribution < -0.4 is 14.8 Å². The number of carbonyl (C=O) groups excluding carboxylic acids is 1. The Labute approximate surface area is 219 Å². The van der Waals surface area contributed by atoms with Crippen LogP contribution in [0.4, 0.5) is 4.79 Å². The lowest BCUT2D eigenvalue weighted by molar-refractivity contribution is 0.0487. The van der Waals surface area contributed by atoms with Crippen molar-refractivity contribution in [3.8, 4) is 11.6 Å². The normalized spacial score (nSPS) is 18.1. The number of nitrogens with zero attached hydrogens (tertiary/aromatic N) is 2. The highest BCUT2D eigenvalue weighted by atomic mass is 16.6. The average Bonchev–Trinajstić information content (AvgIpc) is 2.88. The van der Waals surface area contributed by atoms with Crippen molar-refractivity contribution in [2.45, 2.75) is 71.1 Å². The van der Waals surface area contributed by atoms with Crippen molar-refractivity contribution in [1.29, 1.82) is 0 Å². The maximum Gasteiger partial charge on any atom is 0.407 e. The second-order valence-electron chi connectivity index (χ2n) is 10.5. The number of amides is 1. The first-order valence-corrected chi connectivity index (χ1v) is 13.0. The molecule has 1 fully saturated rings. The van der Waals surface area contributed by atoms with Crippen LogP contribution in [0.5, 0.6) is 11.6 Å². The summed E-state index contributed by atoms with van der Waals surface area (Å²) in [7, 11) is 1.61. The van der Waals surface area contributed by atoms with Gasteiger partial charge >= 0.3 is 6.09 Å². The summed E-state index contributed by atoms with van der Waals surface area (Å²) < 4.78 is 17.0. The van der Waals surface area contributed by atoms with Gasteiger partial charge in [0.05, 0.1) is 18.8 Å². The van der Waals surface area contributed by atoms with Crippen molar-refractivity contribution in [1.82, 2.24) is 15.3 Å². The Morgan fingerprint density at radius 2 is 1.84 bits per heavy atom. The molecule has 0 bridgehead atoms. The maximum atomic E-state index is 12.1. The third-order valence-electron chi connectivity index (χ3n) is 6.46.